The first-order chi connectivity index (χ1) is 12.6. The van der Waals surface area contributed by atoms with Gasteiger partial charge in [0.1, 0.15) is 0 Å². The van der Waals surface area contributed by atoms with Crippen molar-refractivity contribution in [2.75, 3.05) is 52.5 Å². The van der Waals surface area contributed by atoms with E-state index in [1.54, 1.807) is 0 Å². The number of rotatable bonds is 5. The highest BCUT2D eigenvalue weighted by molar-refractivity contribution is 14.0. The average Bonchev–Trinajstić information content (AvgIpc) is 3.22. The molecular weight excluding hydrogens is 455 g/mol. The van der Waals surface area contributed by atoms with Gasteiger partial charge in [-0.2, -0.15) is 5.10 Å². The lowest BCUT2D eigenvalue weighted by molar-refractivity contribution is 0.139. The van der Waals surface area contributed by atoms with Crippen LogP contribution in [0.1, 0.15) is 30.3 Å². The second kappa shape index (κ2) is 10.6. The molecule has 3 heterocycles. The number of nitrogens with zero attached hydrogens (tertiary/aromatic N) is 5. The molecule has 0 aliphatic carbocycles. The van der Waals surface area contributed by atoms with E-state index in [4.69, 9.17) is 9.73 Å². The third kappa shape index (κ3) is 5.80. The fraction of sp³-hybridized carbons (Fsp3) is 0.789. The molecule has 0 bridgehead atoms. The van der Waals surface area contributed by atoms with Crippen molar-refractivity contribution < 1.29 is 4.74 Å². The number of aryl methyl sites for hydroxylation is 2. The molecule has 2 saturated heterocycles. The van der Waals surface area contributed by atoms with E-state index in [1.807, 2.05) is 11.7 Å². The van der Waals surface area contributed by atoms with E-state index in [-0.39, 0.29) is 24.0 Å². The van der Waals surface area contributed by atoms with Crippen molar-refractivity contribution >= 4 is 29.9 Å². The van der Waals surface area contributed by atoms with Gasteiger partial charge in [0, 0.05) is 64.2 Å². The van der Waals surface area contributed by atoms with Crippen LogP contribution in [0.15, 0.2) is 4.99 Å². The molecule has 0 spiro atoms. The zero-order chi connectivity index (χ0) is 18.5. The first kappa shape index (κ1) is 22.4. The van der Waals surface area contributed by atoms with Crippen molar-refractivity contribution in [1.29, 1.82) is 0 Å². The van der Waals surface area contributed by atoms with Crippen molar-refractivity contribution in [3.8, 4) is 0 Å². The molecule has 1 aromatic rings. The molecule has 0 amide bonds. The minimum Gasteiger partial charge on any atom is -0.381 e. The Morgan fingerprint density at radius 3 is 2.56 bits per heavy atom. The standard InChI is InChI=1S/C19H34N6O.HI/c1-5-20-19(21-12-18-15(2)22-23(4)16(18)3)25-9-7-24(8-10-25)13-17-6-11-26-14-17;/h17H,5-14H2,1-4H3,(H,20,21);1H. The van der Waals surface area contributed by atoms with Gasteiger partial charge in [-0.25, -0.2) is 4.99 Å². The van der Waals surface area contributed by atoms with Gasteiger partial charge < -0.3 is 15.0 Å². The van der Waals surface area contributed by atoms with E-state index < -0.39 is 0 Å². The highest BCUT2D eigenvalue weighted by Gasteiger charge is 2.24. The van der Waals surface area contributed by atoms with E-state index in [0.29, 0.717) is 6.54 Å². The van der Waals surface area contributed by atoms with E-state index in [2.05, 4.69) is 41.0 Å². The van der Waals surface area contributed by atoms with Crippen LogP contribution in [0.25, 0.3) is 0 Å². The summed E-state index contributed by atoms with van der Waals surface area (Å²) < 4.78 is 7.45. The molecule has 2 aliphatic rings. The van der Waals surface area contributed by atoms with Gasteiger partial charge in [-0.3, -0.25) is 9.58 Å². The molecule has 2 fully saturated rings. The summed E-state index contributed by atoms with van der Waals surface area (Å²) in [6.45, 7) is 15.2. The van der Waals surface area contributed by atoms with Crippen LogP contribution in [-0.4, -0.2) is 78.0 Å². The molecule has 0 radical (unpaired) electrons. The fourth-order valence-corrected chi connectivity index (χ4v) is 3.86. The SMILES string of the molecule is CCNC(=NCc1c(C)nn(C)c1C)N1CCN(CC2CCOC2)CC1.I. The lowest BCUT2D eigenvalue weighted by atomic mass is 10.1. The topological polar surface area (TPSA) is 57.9 Å². The molecule has 1 N–H and O–H groups in total. The van der Waals surface area contributed by atoms with Crippen LogP contribution in [0.2, 0.25) is 0 Å². The Balaban J connectivity index is 0.00000261. The molecule has 0 aromatic carbocycles. The Bertz CT molecular complexity index is 618. The fourth-order valence-electron chi connectivity index (χ4n) is 3.86. The van der Waals surface area contributed by atoms with Gasteiger partial charge in [0.05, 0.1) is 18.8 Å². The van der Waals surface area contributed by atoms with Crippen molar-refractivity contribution in [3.05, 3.63) is 17.0 Å². The molecule has 1 aromatic heterocycles. The van der Waals surface area contributed by atoms with Crippen LogP contribution in [0.4, 0.5) is 0 Å². The third-order valence-electron chi connectivity index (χ3n) is 5.59. The van der Waals surface area contributed by atoms with Gasteiger partial charge in [0.15, 0.2) is 5.96 Å². The number of aliphatic imine (C=N–C) groups is 1. The predicted molar refractivity (Wildman–Crippen MR) is 120 cm³/mol. The Morgan fingerprint density at radius 1 is 1.26 bits per heavy atom. The molecule has 7 nitrogen and oxygen atoms in total. The van der Waals surface area contributed by atoms with E-state index in [9.17, 15) is 0 Å². The molecule has 2 aliphatic heterocycles. The molecular formula is C19H35IN6O. The summed E-state index contributed by atoms with van der Waals surface area (Å²) in [5.41, 5.74) is 3.52. The molecule has 8 heteroatoms. The maximum atomic E-state index is 5.51. The normalized spacial score (nSPS) is 21.4. The second-order valence-corrected chi connectivity index (χ2v) is 7.46. The van der Waals surface area contributed by atoms with Crippen LogP contribution in [0.3, 0.4) is 0 Å². The minimum absolute atomic E-state index is 0. The third-order valence-corrected chi connectivity index (χ3v) is 5.59. The summed E-state index contributed by atoms with van der Waals surface area (Å²) in [6.07, 6.45) is 1.22. The summed E-state index contributed by atoms with van der Waals surface area (Å²) in [6, 6.07) is 0. The molecule has 154 valence electrons. The highest BCUT2D eigenvalue weighted by Crippen LogP contribution is 2.16. The molecule has 0 saturated carbocycles. The van der Waals surface area contributed by atoms with E-state index in [1.165, 1.54) is 24.2 Å². The molecule has 1 atom stereocenters. The quantitative estimate of drug-likeness (QED) is 0.388. The Kier molecular flexibility index (Phi) is 8.81. The molecule has 3 rings (SSSR count). The summed E-state index contributed by atoms with van der Waals surface area (Å²) in [5, 5.41) is 7.97. The zero-order valence-electron chi connectivity index (χ0n) is 17.2. The van der Waals surface area contributed by atoms with Crippen LogP contribution in [0.5, 0.6) is 0 Å². The van der Waals surface area contributed by atoms with Crippen molar-refractivity contribution in [2.45, 2.75) is 33.7 Å². The Labute approximate surface area is 180 Å². The van der Waals surface area contributed by atoms with Crippen molar-refractivity contribution in [2.24, 2.45) is 18.0 Å². The van der Waals surface area contributed by atoms with Crippen LogP contribution >= 0.6 is 24.0 Å². The zero-order valence-corrected chi connectivity index (χ0v) is 19.5. The summed E-state index contributed by atoms with van der Waals surface area (Å²) in [5.74, 6) is 1.75. The number of guanidine groups is 1. The van der Waals surface area contributed by atoms with Crippen molar-refractivity contribution in [3.63, 3.8) is 0 Å². The smallest absolute Gasteiger partial charge is 0.194 e. The largest absolute Gasteiger partial charge is 0.381 e. The number of hydrogen-bond donors (Lipinski definition) is 1. The number of nitrogens with one attached hydrogen (secondary N) is 1. The lowest BCUT2D eigenvalue weighted by Crippen LogP contribution is -2.53. The van der Waals surface area contributed by atoms with Gasteiger partial charge >= 0.3 is 0 Å². The maximum absolute atomic E-state index is 5.51. The number of hydrogen-bond acceptors (Lipinski definition) is 4. The van der Waals surface area contributed by atoms with Gasteiger partial charge in [-0.05, 0) is 33.1 Å². The molecule has 27 heavy (non-hydrogen) atoms. The first-order valence-corrected chi connectivity index (χ1v) is 9.91. The van der Waals surface area contributed by atoms with Crippen molar-refractivity contribution in [1.82, 2.24) is 24.9 Å². The van der Waals surface area contributed by atoms with E-state index >= 15 is 0 Å². The lowest BCUT2D eigenvalue weighted by Gasteiger charge is -2.37. The monoisotopic (exact) mass is 490 g/mol. The summed E-state index contributed by atoms with van der Waals surface area (Å²) in [4.78, 5) is 9.88. The maximum Gasteiger partial charge on any atom is 0.194 e. The van der Waals surface area contributed by atoms with Crippen LogP contribution in [0, 0.1) is 19.8 Å². The Morgan fingerprint density at radius 2 is 2.00 bits per heavy atom. The van der Waals surface area contributed by atoms with Crippen LogP contribution in [-0.2, 0) is 18.3 Å². The summed E-state index contributed by atoms with van der Waals surface area (Å²) in [7, 11) is 2.00. The number of aromatic nitrogens is 2. The number of halogens is 1. The predicted octanol–water partition coefficient (Wildman–Crippen LogP) is 1.77. The van der Waals surface area contributed by atoms with Gasteiger partial charge in [0.25, 0.3) is 0 Å². The first-order valence-electron chi connectivity index (χ1n) is 9.91. The Hall–Kier alpha value is -0.870. The minimum atomic E-state index is 0. The van der Waals surface area contributed by atoms with Gasteiger partial charge in [-0.15, -0.1) is 24.0 Å². The van der Waals surface area contributed by atoms with Gasteiger partial charge in [-0.1, -0.05) is 0 Å². The molecule has 1 unspecified atom stereocenters. The highest BCUT2D eigenvalue weighted by atomic mass is 127. The van der Waals surface area contributed by atoms with E-state index in [0.717, 1.165) is 63.5 Å². The van der Waals surface area contributed by atoms with Crippen LogP contribution < -0.4 is 5.32 Å². The number of ether oxygens (including phenoxy) is 1. The summed E-state index contributed by atoms with van der Waals surface area (Å²) >= 11 is 0. The number of piperazine rings is 1. The average molecular weight is 490 g/mol. The van der Waals surface area contributed by atoms with Gasteiger partial charge in [0.2, 0.25) is 0 Å². The second-order valence-electron chi connectivity index (χ2n) is 7.46.